The van der Waals surface area contributed by atoms with E-state index in [0.717, 1.165) is 36.3 Å². The Bertz CT molecular complexity index is 1300. The average Bonchev–Trinajstić information content (AvgIpc) is 3.61. The van der Waals surface area contributed by atoms with Crippen molar-refractivity contribution in [1.29, 1.82) is 0 Å². The number of imidazole rings is 1. The number of aliphatic hydroxyl groups is 1. The van der Waals surface area contributed by atoms with E-state index in [2.05, 4.69) is 15.2 Å². The summed E-state index contributed by atoms with van der Waals surface area (Å²) in [6.07, 6.45) is 4.72. The van der Waals surface area contributed by atoms with E-state index in [-0.39, 0.29) is 19.2 Å². The number of hydrogen-bond donors (Lipinski definition) is 3. The minimum atomic E-state index is -0.971. The minimum absolute atomic E-state index is 0.00335. The summed E-state index contributed by atoms with van der Waals surface area (Å²) in [6, 6.07) is 3.56. The van der Waals surface area contributed by atoms with Crippen molar-refractivity contribution < 1.29 is 29.2 Å². The molecule has 0 aliphatic carbocycles. The number of aromatic nitrogens is 4. The molecule has 3 aromatic rings. The van der Waals surface area contributed by atoms with Crippen LogP contribution in [0.3, 0.4) is 0 Å². The van der Waals surface area contributed by atoms with Crippen molar-refractivity contribution in [3.05, 3.63) is 35.9 Å². The van der Waals surface area contributed by atoms with E-state index in [4.69, 9.17) is 24.2 Å². The van der Waals surface area contributed by atoms with E-state index in [0.29, 0.717) is 47.8 Å². The number of carboxylic acid groups (broad SMARTS) is 1. The van der Waals surface area contributed by atoms with Gasteiger partial charge in [0.05, 0.1) is 58.1 Å². The topological polar surface area (TPSA) is 147 Å². The maximum Gasteiger partial charge on any atom is 0.407 e. The van der Waals surface area contributed by atoms with Gasteiger partial charge in [0.1, 0.15) is 12.1 Å². The molecule has 3 N–H and O–H groups in total. The molecule has 0 bridgehead atoms. The first-order chi connectivity index (χ1) is 18.4. The number of rotatable bonds is 8. The van der Waals surface area contributed by atoms with Crippen LogP contribution < -0.4 is 24.4 Å². The van der Waals surface area contributed by atoms with Gasteiger partial charge in [0, 0.05) is 37.2 Å². The van der Waals surface area contributed by atoms with E-state index >= 15 is 0 Å². The number of anilines is 3. The van der Waals surface area contributed by atoms with Gasteiger partial charge in [-0.25, -0.2) is 14.8 Å². The Kier molecular flexibility index (Phi) is 7.09. The Hall–Kier alpha value is -4.26. The molecule has 1 saturated heterocycles. The second kappa shape index (κ2) is 10.6. The Balaban J connectivity index is 1.47. The molecule has 2 aliphatic rings. The van der Waals surface area contributed by atoms with Crippen LogP contribution in [-0.2, 0) is 13.0 Å². The molecule has 0 saturated carbocycles. The van der Waals surface area contributed by atoms with Gasteiger partial charge in [0.2, 0.25) is 11.7 Å². The third kappa shape index (κ3) is 4.72. The van der Waals surface area contributed by atoms with Crippen LogP contribution in [0, 0.1) is 0 Å². The maximum atomic E-state index is 11.6. The Morgan fingerprint density at radius 2 is 1.89 bits per heavy atom. The van der Waals surface area contributed by atoms with E-state index in [1.807, 2.05) is 12.1 Å². The van der Waals surface area contributed by atoms with Crippen molar-refractivity contribution >= 4 is 23.7 Å². The second-order valence-electron chi connectivity index (χ2n) is 9.10. The number of benzene rings is 1. The molecule has 4 heterocycles. The minimum Gasteiger partial charge on any atom is -0.493 e. The van der Waals surface area contributed by atoms with Crippen molar-refractivity contribution in [3.63, 3.8) is 0 Å². The number of aliphatic hydroxyl groups excluding tert-OH is 1. The van der Waals surface area contributed by atoms with Crippen LogP contribution in [0.15, 0.2) is 24.7 Å². The lowest BCUT2D eigenvalue weighted by Gasteiger charge is -2.32. The van der Waals surface area contributed by atoms with Gasteiger partial charge in [-0.05, 0) is 12.8 Å². The molecule has 2 aromatic heterocycles. The number of ether oxygens (including phenoxy) is 3. The molecule has 1 aromatic carbocycles. The number of nitrogens with zero attached hydrogens (tertiary/aromatic N) is 6. The lowest BCUT2D eigenvalue weighted by Crippen LogP contribution is -2.39. The Labute approximate surface area is 219 Å². The molecular weight excluding hydrogens is 494 g/mol. The van der Waals surface area contributed by atoms with Crippen molar-refractivity contribution in [3.8, 4) is 22.9 Å². The monoisotopic (exact) mass is 525 g/mol. The molecule has 1 amide bonds. The first-order valence-electron chi connectivity index (χ1n) is 12.3. The normalized spacial score (nSPS) is 16.8. The Morgan fingerprint density at radius 3 is 2.55 bits per heavy atom. The number of amides is 1. The van der Waals surface area contributed by atoms with Crippen molar-refractivity contribution in [2.45, 2.75) is 31.8 Å². The van der Waals surface area contributed by atoms with Gasteiger partial charge in [0.25, 0.3) is 0 Å². The lowest BCUT2D eigenvalue weighted by atomic mass is 10.1. The molecule has 1 fully saturated rings. The van der Waals surface area contributed by atoms with Gasteiger partial charge in [-0.15, -0.1) is 0 Å². The van der Waals surface area contributed by atoms with E-state index in [9.17, 15) is 15.0 Å². The van der Waals surface area contributed by atoms with Crippen LogP contribution in [0.1, 0.15) is 24.1 Å². The quantitative estimate of drug-likeness (QED) is 0.398. The van der Waals surface area contributed by atoms with E-state index in [1.165, 1.54) is 4.90 Å². The molecule has 0 radical (unpaired) electrons. The van der Waals surface area contributed by atoms with Gasteiger partial charge in [-0.1, -0.05) is 0 Å². The first kappa shape index (κ1) is 25.4. The molecular formula is C25H31N7O6. The number of hydrogen-bond acceptors (Lipinski definition) is 10. The SMILES string of the molecule is COc1cc(-n2cnc(Nc3nc4c(c(N5CCC[C@H]5CO)n3)CN(C(=O)O)CC4)c2)cc(OC)c1OC. The third-order valence-electron chi connectivity index (χ3n) is 6.94. The molecule has 2 aliphatic heterocycles. The highest BCUT2D eigenvalue weighted by molar-refractivity contribution is 5.67. The fourth-order valence-electron chi connectivity index (χ4n) is 5.02. The smallest absolute Gasteiger partial charge is 0.407 e. The second-order valence-corrected chi connectivity index (χ2v) is 9.10. The first-order valence-corrected chi connectivity index (χ1v) is 12.3. The van der Waals surface area contributed by atoms with Gasteiger partial charge in [-0.3, -0.25) is 0 Å². The summed E-state index contributed by atoms with van der Waals surface area (Å²) in [4.78, 5) is 29.0. The average molecular weight is 526 g/mol. The lowest BCUT2D eigenvalue weighted by molar-refractivity contribution is 0.139. The van der Waals surface area contributed by atoms with Crippen LogP contribution in [0.25, 0.3) is 5.69 Å². The molecule has 13 heteroatoms. The fourth-order valence-corrected chi connectivity index (χ4v) is 5.02. The molecule has 5 rings (SSSR count). The molecule has 0 spiro atoms. The summed E-state index contributed by atoms with van der Waals surface area (Å²) < 4.78 is 18.1. The third-order valence-corrected chi connectivity index (χ3v) is 6.94. The zero-order valence-corrected chi connectivity index (χ0v) is 21.5. The largest absolute Gasteiger partial charge is 0.493 e. The number of nitrogens with one attached hydrogen (secondary N) is 1. The summed E-state index contributed by atoms with van der Waals surface area (Å²) >= 11 is 0. The number of carbonyl (C=O) groups is 1. The highest BCUT2D eigenvalue weighted by Crippen LogP contribution is 2.39. The summed E-state index contributed by atoms with van der Waals surface area (Å²) in [5.74, 6) is 3.08. The standard InChI is InChI=1S/C25H31N7O6/c1-36-19-9-16(10-20(37-2)22(19)38-3)31-12-21(26-14-31)28-24-27-18-6-8-30(25(34)35)11-17(18)23(29-24)32-7-4-5-15(32)13-33/h9-10,12,14-15,33H,4-8,11,13H2,1-3H3,(H,34,35)(H,27,28,29)/t15-/m0/s1. The molecule has 38 heavy (non-hydrogen) atoms. The van der Waals surface area contributed by atoms with Crippen LogP contribution in [0.5, 0.6) is 17.2 Å². The van der Waals surface area contributed by atoms with Crippen molar-refractivity contribution in [1.82, 2.24) is 24.4 Å². The number of methoxy groups -OCH3 is 3. The van der Waals surface area contributed by atoms with E-state index < -0.39 is 6.09 Å². The van der Waals surface area contributed by atoms with E-state index in [1.54, 1.807) is 38.4 Å². The van der Waals surface area contributed by atoms with Crippen molar-refractivity contribution in [2.24, 2.45) is 0 Å². The molecule has 0 unspecified atom stereocenters. The van der Waals surface area contributed by atoms with Crippen LogP contribution in [0.4, 0.5) is 22.4 Å². The summed E-state index contributed by atoms with van der Waals surface area (Å²) in [6.45, 7) is 1.31. The fraction of sp³-hybridized carbons (Fsp3) is 0.440. The van der Waals surface area contributed by atoms with Gasteiger partial charge in [0.15, 0.2) is 17.3 Å². The van der Waals surface area contributed by atoms with Crippen LogP contribution in [0.2, 0.25) is 0 Å². The Morgan fingerprint density at radius 1 is 1.13 bits per heavy atom. The van der Waals surface area contributed by atoms with Crippen molar-refractivity contribution in [2.75, 3.05) is 51.2 Å². The predicted octanol–water partition coefficient (Wildman–Crippen LogP) is 2.43. The molecule has 13 nitrogen and oxygen atoms in total. The summed E-state index contributed by atoms with van der Waals surface area (Å²) in [7, 11) is 4.67. The molecule has 202 valence electrons. The highest BCUT2D eigenvalue weighted by atomic mass is 16.5. The maximum absolute atomic E-state index is 11.6. The zero-order valence-electron chi connectivity index (χ0n) is 21.5. The van der Waals surface area contributed by atoms with Crippen LogP contribution >= 0.6 is 0 Å². The van der Waals surface area contributed by atoms with Gasteiger partial charge >= 0.3 is 6.09 Å². The molecule has 1 atom stereocenters. The highest BCUT2D eigenvalue weighted by Gasteiger charge is 2.32. The van der Waals surface area contributed by atoms with Crippen LogP contribution in [-0.4, -0.2) is 87.8 Å². The number of fused-ring (bicyclic) bond motifs is 1. The summed E-state index contributed by atoms with van der Waals surface area (Å²) in [5.41, 5.74) is 2.33. The predicted molar refractivity (Wildman–Crippen MR) is 138 cm³/mol. The van der Waals surface area contributed by atoms with Gasteiger partial charge < -0.3 is 44.1 Å². The van der Waals surface area contributed by atoms with Gasteiger partial charge in [-0.2, -0.15) is 4.98 Å². The summed E-state index contributed by atoms with van der Waals surface area (Å²) in [5, 5.41) is 22.7. The zero-order chi connectivity index (χ0) is 26.8.